The van der Waals surface area contributed by atoms with Gasteiger partial charge in [0.2, 0.25) is 0 Å². The predicted molar refractivity (Wildman–Crippen MR) is 109 cm³/mol. The Morgan fingerprint density at radius 1 is 1.11 bits per heavy atom. The summed E-state index contributed by atoms with van der Waals surface area (Å²) in [5, 5.41) is 0.323. The summed E-state index contributed by atoms with van der Waals surface area (Å²) in [6, 6.07) is 9.13. The van der Waals surface area contributed by atoms with Crippen molar-refractivity contribution in [3.8, 4) is 11.5 Å². The van der Waals surface area contributed by atoms with Gasteiger partial charge in [-0.15, -0.1) is 0 Å². The van der Waals surface area contributed by atoms with Gasteiger partial charge in [0.25, 0.3) is 5.91 Å². The molecule has 1 aromatic heterocycles. The Morgan fingerprint density at radius 2 is 1.93 bits per heavy atom. The van der Waals surface area contributed by atoms with Crippen LogP contribution in [0.25, 0.3) is 0 Å². The summed E-state index contributed by atoms with van der Waals surface area (Å²) in [5.74, 6) is 1.15. The number of amides is 1. The number of methoxy groups -OCH3 is 1. The van der Waals surface area contributed by atoms with E-state index in [1.165, 1.54) is 19.3 Å². The monoisotopic (exact) mass is 401 g/mol. The van der Waals surface area contributed by atoms with Gasteiger partial charge in [-0.3, -0.25) is 9.69 Å². The Morgan fingerprint density at radius 3 is 2.71 bits per heavy atom. The lowest BCUT2D eigenvalue weighted by atomic mass is 10.1. The minimum absolute atomic E-state index is 0.154. The van der Waals surface area contributed by atoms with Crippen molar-refractivity contribution < 1.29 is 14.3 Å². The lowest BCUT2D eigenvalue weighted by Gasteiger charge is -2.26. The summed E-state index contributed by atoms with van der Waals surface area (Å²) in [4.78, 5) is 21.0. The van der Waals surface area contributed by atoms with Crippen LogP contribution in [0, 0.1) is 0 Å². The number of anilines is 1. The fourth-order valence-corrected chi connectivity index (χ4v) is 3.91. The molecular formula is C21H24ClN3O3. The summed E-state index contributed by atoms with van der Waals surface area (Å²) < 4.78 is 11.5. The van der Waals surface area contributed by atoms with E-state index < -0.39 is 0 Å². The first-order chi connectivity index (χ1) is 13.7. The van der Waals surface area contributed by atoms with Gasteiger partial charge in [0.1, 0.15) is 17.5 Å². The Hall–Kier alpha value is -2.31. The number of nitrogens with zero attached hydrogens (tertiary/aromatic N) is 3. The van der Waals surface area contributed by atoms with E-state index in [0.717, 1.165) is 30.9 Å². The minimum Gasteiger partial charge on any atom is -0.493 e. The van der Waals surface area contributed by atoms with E-state index in [0.29, 0.717) is 35.5 Å². The molecule has 0 radical (unpaired) electrons. The van der Waals surface area contributed by atoms with Gasteiger partial charge in [-0.25, -0.2) is 4.98 Å². The summed E-state index contributed by atoms with van der Waals surface area (Å²) >= 11 is 5.93. The molecule has 0 N–H and O–H groups in total. The van der Waals surface area contributed by atoms with E-state index in [9.17, 15) is 4.79 Å². The lowest BCUT2D eigenvalue weighted by Crippen LogP contribution is -2.33. The fourth-order valence-electron chi connectivity index (χ4n) is 3.77. The Balaban J connectivity index is 1.44. The van der Waals surface area contributed by atoms with Crippen molar-refractivity contribution in [3.63, 3.8) is 0 Å². The summed E-state index contributed by atoms with van der Waals surface area (Å²) in [6.07, 6.45) is 3.86. The van der Waals surface area contributed by atoms with E-state index in [4.69, 9.17) is 21.1 Å². The SMILES string of the molecule is COc1cc(N2Cc3ccc(Cl)nc3C2=O)ccc1OCCN1CCCCC1. The zero-order valence-corrected chi connectivity index (χ0v) is 16.7. The summed E-state index contributed by atoms with van der Waals surface area (Å²) in [7, 11) is 1.61. The average molecular weight is 402 g/mol. The summed E-state index contributed by atoms with van der Waals surface area (Å²) in [6.45, 7) is 4.30. The van der Waals surface area contributed by atoms with E-state index in [1.807, 2.05) is 24.3 Å². The normalized spacial score (nSPS) is 16.9. The zero-order valence-electron chi connectivity index (χ0n) is 16.0. The minimum atomic E-state index is -0.154. The van der Waals surface area contributed by atoms with Crippen LogP contribution >= 0.6 is 11.6 Å². The molecule has 6 nitrogen and oxygen atoms in total. The van der Waals surface area contributed by atoms with Gasteiger partial charge in [0.05, 0.1) is 13.7 Å². The number of carbonyl (C=O) groups is 1. The van der Waals surface area contributed by atoms with Crippen LogP contribution in [0.5, 0.6) is 11.5 Å². The highest BCUT2D eigenvalue weighted by molar-refractivity contribution is 6.29. The molecule has 0 bridgehead atoms. The average Bonchev–Trinajstić information content (AvgIpc) is 3.05. The van der Waals surface area contributed by atoms with Crippen molar-refractivity contribution in [2.75, 3.05) is 38.3 Å². The largest absolute Gasteiger partial charge is 0.493 e. The molecule has 0 aliphatic carbocycles. The van der Waals surface area contributed by atoms with Crippen LogP contribution in [-0.4, -0.2) is 49.1 Å². The number of halogens is 1. The first-order valence-corrected chi connectivity index (χ1v) is 10.0. The molecule has 0 unspecified atom stereocenters. The number of pyridine rings is 1. The van der Waals surface area contributed by atoms with Gasteiger partial charge in [0.15, 0.2) is 11.5 Å². The van der Waals surface area contributed by atoms with Crippen molar-refractivity contribution in [3.05, 3.63) is 46.7 Å². The molecule has 1 fully saturated rings. The molecule has 0 atom stereocenters. The number of aromatic nitrogens is 1. The maximum atomic E-state index is 12.7. The molecule has 7 heteroatoms. The summed E-state index contributed by atoms with van der Waals surface area (Å²) in [5.41, 5.74) is 2.03. The molecule has 148 valence electrons. The second-order valence-corrected chi connectivity index (χ2v) is 7.51. The van der Waals surface area contributed by atoms with Gasteiger partial charge in [-0.05, 0) is 44.1 Å². The van der Waals surface area contributed by atoms with Crippen molar-refractivity contribution in [2.24, 2.45) is 0 Å². The highest BCUT2D eigenvalue weighted by Crippen LogP contribution is 2.35. The highest BCUT2D eigenvalue weighted by atomic mass is 35.5. The van der Waals surface area contributed by atoms with Crippen molar-refractivity contribution >= 4 is 23.2 Å². The maximum Gasteiger partial charge on any atom is 0.277 e. The smallest absolute Gasteiger partial charge is 0.277 e. The maximum absolute atomic E-state index is 12.7. The molecule has 1 saturated heterocycles. The number of likely N-dealkylation sites (tertiary alicyclic amines) is 1. The van der Waals surface area contributed by atoms with Crippen LogP contribution < -0.4 is 14.4 Å². The molecule has 0 spiro atoms. The number of hydrogen-bond acceptors (Lipinski definition) is 5. The molecule has 4 rings (SSSR count). The second-order valence-electron chi connectivity index (χ2n) is 7.12. The Kier molecular flexibility index (Phi) is 5.69. The van der Waals surface area contributed by atoms with Crippen molar-refractivity contribution in [1.29, 1.82) is 0 Å². The second kappa shape index (κ2) is 8.37. The third-order valence-electron chi connectivity index (χ3n) is 5.29. The first-order valence-electron chi connectivity index (χ1n) is 9.66. The standard InChI is InChI=1S/C21H24ClN3O3/c1-27-18-13-16(25-14-15-5-8-19(22)23-20(15)21(25)26)6-7-17(18)28-12-11-24-9-3-2-4-10-24/h5-8,13H,2-4,9-12,14H2,1H3. The van der Waals surface area contributed by atoms with Crippen LogP contribution in [-0.2, 0) is 6.54 Å². The van der Waals surface area contributed by atoms with E-state index in [2.05, 4.69) is 9.88 Å². The number of fused-ring (bicyclic) bond motifs is 1. The molecule has 3 heterocycles. The predicted octanol–water partition coefficient (Wildman–Crippen LogP) is 3.77. The Labute approximate surface area is 170 Å². The molecule has 1 amide bonds. The van der Waals surface area contributed by atoms with E-state index in [-0.39, 0.29) is 5.91 Å². The molecule has 1 aromatic carbocycles. The van der Waals surface area contributed by atoms with Gasteiger partial charge in [-0.1, -0.05) is 24.1 Å². The quantitative estimate of drug-likeness (QED) is 0.689. The van der Waals surface area contributed by atoms with E-state index in [1.54, 1.807) is 18.1 Å². The molecular weight excluding hydrogens is 378 g/mol. The van der Waals surface area contributed by atoms with Crippen LogP contribution in [0.4, 0.5) is 5.69 Å². The molecule has 2 aliphatic heterocycles. The third kappa shape index (κ3) is 3.93. The highest BCUT2D eigenvalue weighted by Gasteiger charge is 2.30. The molecule has 2 aromatic rings. The van der Waals surface area contributed by atoms with Crippen LogP contribution in [0.2, 0.25) is 5.15 Å². The molecule has 28 heavy (non-hydrogen) atoms. The van der Waals surface area contributed by atoms with Crippen LogP contribution in [0.15, 0.2) is 30.3 Å². The molecule has 0 saturated carbocycles. The van der Waals surface area contributed by atoms with Crippen LogP contribution in [0.1, 0.15) is 35.3 Å². The van der Waals surface area contributed by atoms with Gasteiger partial charge in [0, 0.05) is 23.9 Å². The van der Waals surface area contributed by atoms with Crippen LogP contribution in [0.3, 0.4) is 0 Å². The third-order valence-corrected chi connectivity index (χ3v) is 5.50. The molecule has 2 aliphatic rings. The number of ether oxygens (including phenoxy) is 2. The number of rotatable bonds is 6. The van der Waals surface area contributed by atoms with E-state index >= 15 is 0 Å². The number of piperidine rings is 1. The van der Waals surface area contributed by atoms with Crippen molar-refractivity contribution in [2.45, 2.75) is 25.8 Å². The topological polar surface area (TPSA) is 54.9 Å². The number of benzene rings is 1. The fraction of sp³-hybridized carbons (Fsp3) is 0.429. The van der Waals surface area contributed by atoms with Gasteiger partial charge >= 0.3 is 0 Å². The van der Waals surface area contributed by atoms with Crippen molar-refractivity contribution in [1.82, 2.24) is 9.88 Å². The Bertz CT molecular complexity index is 868. The zero-order chi connectivity index (χ0) is 19.5. The number of hydrogen-bond donors (Lipinski definition) is 0. The number of carbonyl (C=O) groups excluding carboxylic acids is 1. The first kappa shape index (κ1) is 19.0. The van der Waals surface area contributed by atoms with Gasteiger partial charge < -0.3 is 14.4 Å². The van der Waals surface area contributed by atoms with Gasteiger partial charge in [-0.2, -0.15) is 0 Å². The lowest BCUT2D eigenvalue weighted by molar-refractivity contribution is 0.0992.